The molecular weight excluding hydrogens is 536 g/mol. The van der Waals surface area contributed by atoms with E-state index in [4.69, 9.17) is 30.6 Å². The van der Waals surface area contributed by atoms with Gasteiger partial charge in [-0.2, -0.15) is 0 Å². The lowest BCUT2D eigenvalue weighted by Crippen LogP contribution is -2.78. The number of carbonyl (C=O) groups is 3. The first-order valence-electron chi connectivity index (χ1n) is 12.7. The summed E-state index contributed by atoms with van der Waals surface area (Å²) in [5.41, 5.74) is 1.76. The summed E-state index contributed by atoms with van der Waals surface area (Å²) in [7, 11) is 3.97. The SMILES string of the molecule is COC(=O)C(C[C@]12[C@@H](c3ccc(Cl)cc3)ON(c3ccc(C)cc3)[C@H]1C(=O)N2c1ccc(OC)cc1)C(=O)OC. The highest BCUT2D eigenvalue weighted by molar-refractivity contribution is 6.30. The number of ether oxygens (including phenoxy) is 3. The number of halogens is 1. The van der Waals surface area contributed by atoms with Crippen LogP contribution < -0.4 is 14.7 Å². The monoisotopic (exact) mass is 564 g/mol. The van der Waals surface area contributed by atoms with Gasteiger partial charge in [-0.25, -0.2) is 5.06 Å². The molecule has 0 aromatic heterocycles. The Kier molecular flexibility index (Phi) is 7.44. The van der Waals surface area contributed by atoms with Crippen LogP contribution in [0, 0.1) is 12.8 Å². The second kappa shape index (κ2) is 10.8. The third kappa shape index (κ3) is 4.45. The summed E-state index contributed by atoms with van der Waals surface area (Å²) in [6, 6.07) is 20.8. The minimum atomic E-state index is -1.32. The first-order valence-corrected chi connectivity index (χ1v) is 13.0. The Bertz CT molecular complexity index is 1400. The zero-order chi connectivity index (χ0) is 28.6. The molecule has 2 heterocycles. The maximum Gasteiger partial charge on any atom is 0.320 e. The number of aryl methyl sites for hydroxylation is 1. The highest BCUT2D eigenvalue weighted by Gasteiger charge is 2.73. The van der Waals surface area contributed by atoms with Gasteiger partial charge in [0.25, 0.3) is 5.91 Å². The average molecular weight is 565 g/mol. The summed E-state index contributed by atoms with van der Waals surface area (Å²) in [6.45, 7) is 1.96. The molecule has 2 aliphatic heterocycles. The van der Waals surface area contributed by atoms with Crippen LogP contribution in [-0.2, 0) is 28.7 Å². The van der Waals surface area contributed by atoms with Crippen LogP contribution in [-0.4, -0.2) is 50.8 Å². The van der Waals surface area contributed by atoms with Crippen LogP contribution in [0.5, 0.6) is 5.75 Å². The highest BCUT2D eigenvalue weighted by Crippen LogP contribution is 2.58. The first-order chi connectivity index (χ1) is 19.2. The van der Waals surface area contributed by atoms with Gasteiger partial charge in [0.1, 0.15) is 17.4 Å². The Labute approximate surface area is 237 Å². The number of fused-ring (bicyclic) bond motifs is 1. The van der Waals surface area contributed by atoms with E-state index in [9.17, 15) is 14.4 Å². The Balaban J connectivity index is 1.72. The molecule has 208 valence electrons. The van der Waals surface area contributed by atoms with E-state index >= 15 is 0 Å². The Hall–Kier alpha value is -4.08. The molecule has 2 saturated heterocycles. The van der Waals surface area contributed by atoms with E-state index in [1.165, 1.54) is 14.2 Å². The van der Waals surface area contributed by atoms with E-state index in [0.29, 0.717) is 27.7 Å². The minimum absolute atomic E-state index is 0.121. The van der Waals surface area contributed by atoms with Gasteiger partial charge >= 0.3 is 11.9 Å². The number of carbonyl (C=O) groups excluding carboxylic acids is 3. The van der Waals surface area contributed by atoms with Crippen molar-refractivity contribution in [1.82, 2.24) is 0 Å². The molecule has 0 radical (unpaired) electrons. The molecule has 3 aromatic rings. The van der Waals surface area contributed by atoms with Crippen molar-refractivity contribution in [1.29, 1.82) is 0 Å². The lowest BCUT2D eigenvalue weighted by Gasteiger charge is -2.56. The van der Waals surface area contributed by atoms with Gasteiger partial charge in [0.2, 0.25) is 0 Å². The Morgan fingerprint density at radius 2 is 1.48 bits per heavy atom. The van der Waals surface area contributed by atoms with Crippen molar-refractivity contribution in [3.05, 3.63) is 88.9 Å². The third-order valence-electron chi connectivity index (χ3n) is 7.55. The summed E-state index contributed by atoms with van der Waals surface area (Å²) in [5, 5.41) is 2.11. The van der Waals surface area contributed by atoms with Crippen molar-refractivity contribution in [3.8, 4) is 5.75 Å². The largest absolute Gasteiger partial charge is 0.497 e. The summed E-state index contributed by atoms with van der Waals surface area (Å²) < 4.78 is 15.3. The maximum atomic E-state index is 14.1. The van der Waals surface area contributed by atoms with Gasteiger partial charge in [0.15, 0.2) is 12.0 Å². The maximum absolute atomic E-state index is 14.1. The molecule has 5 rings (SSSR count). The number of amides is 1. The molecule has 0 bridgehead atoms. The van der Waals surface area contributed by atoms with Gasteiger partial charge in [0.05, 0.1) is 27.0 Å². The van der Waals surface area contributed by atoms with Crippen LogP contribution in [0.4, 0.5) is 11.4 Å². The van der Waals surface area contributed by atoms with Crippen molar-refractivity contribution >= 4 is 40.8 Å². The molecule has 10 heteroatoms. The predicted octanol–water partition coefficient (Wildman–Crippen LogP) is 4.66. The number of β-lactam (4-membered cyclic amide) rings is 1. The number of benzene rings is 3. The highest BCUT2D eigenvalue weighted by atomic mass is 35.5. The standard InChI is InChI=1S/C30H29ClN2O7/c1-18-5-11-22(12-6-18)33-25-27(34)32(21-13-15-23(37-2)16-14-21)30(25,17-24(28(35)38-3)29(36)39-4)26(40-33)19-7-9-20(31)10-8-19/h5-16,24-26H,17H2,1-4H3/t25-,26+,30+/m0/s1. The van der Waals surface area contributed by atoms with Crippen LogP contribution in [0.2, 0.25) is 5.02 Å². The van der Waals surface area contributed by atoms with Gasteiger partial charge in [-0.3, -0.25) is 24.1 Å². The number of nitrogens with zero attached hydrogens (tertiary/aromatic N) is 2. The average Bonchev–Trinajstić information content (AvgIpc) is 3.26. The van der Waals surface area contributed by atoms with Crippen LogP contribution in [0.25, 0.3) is 0 Å². The Morgan fingerprint density at radius 1 is 0.900 bits per heavy atom. The second-order valence-corrected chi connectivity index (χ2v) is 10.2. The first kappa shape index (κ1) is 27.5. The van der Waals surface area contributed by atoms with E-state index < -0.39 is 35.5 Å². The van der Waals surface area contributed by atoms with Gasteiger partial charge in [-0.1, -0.05) is 41.4 Å². The van der Waals surface area contributed by atoms with Gasteiger partial charge in [0, 0.05) is 17.1 Å². The molecular formula is C30H29ClN2O7. The number of hydroxylamine groups is 1. The molecule has 2 fully saturated rings. The number of hydrogen-bond donors (Lipinski definition) is 0. The molecule has 0 saturated carbocycles. The molecule has 9 nitrogen and oxygen atoms in total. The zero-order valence-electron chi connectivity index (χ0n) is 22.5. The van der Waals surface area contributed by atoms with E-state index in [1.54, 1.807) is 53.5 Å². The fourth-order valence-corrected chi connectivity index (χ4v) is 5.72. The molecule has 3 aromatic carbocycles. The van der Waals surface area contributed by atoms with Crippen molar-refractivity contribution in [2.24, 2.45) is 5.92 Å². The quantitative estimate of drug-likeness (QED) is 0.222. The fraction of sp³-hybridized carbons (Fsp3) is 0.300. The summed E-state index contributed by atoms with van der Waals surface area (Å²) in [4.78, 5) is 48.1. The lowest BCUT2D eigenvalue weighted by atomic mass is 9.67. The number of hydrogen-bond acceptors (Lipinski definition) is 8. The predicted molar refractivity (Wildman–Crippen MR) is 148 cm³/mol. The van der Waals surface area contributed by atoms with Gasteiger partial charge in [-0.05, 0) is 61.0 Å². The van der Waals surface area contributed by atoms with Crippen LogP contribution in [0.1, 0.15) is 23.7 Å². The molecule has 1 amide bonds. The van der Waals surface area contributed by atoms with Gasteiger partial charge in [-0.15, -0.1) is 0 Å². The molecule has 3 atom stereocenters. The number of anilines is 2. The molecule has 0 aliphatic carbocycles. The van der Waals surface area contributed by atoms with Crippen molar-refractivity contribution in [2.75, 3.05) is 31.3 Å². The summed E-state index contributed by atoms with van der Waals surface area (Å²) in [6.07, 6.45) is -0.905. The number of methoxy groups -OCH3 is 3. The van der Waals surface area contributed by atoms with E-state index in [-0.39, 0.29) is 12.3 Å². The fourth-order valence-electron chi connectivity index (χ4n) is 5.60. The van der Waals surface area contributed by atoms with E-state index in [0.717, 1.165) is 5.56 Å². The minimum Gasteiger partial charge on any atom is -0.497 e. The van der Waals surface area contributed by atoms with Crippen LogP contribution in [0.15, 0.2) is 72.8 Å². The summed E-state index contributed by atoms with van der Waals surface area (Å²) in [5.74, 6) is -2.49. The summed E-state index contributed by atoms with van der Waals surface area (Å²) >= 11 is 6.20. The van der Waals surface area contributed by atoms with E-state index in [2.05, 4.69) is 0 Å². The van der Waals surface area contributed by atoms with Crippen molar-refractivity contribution < 1.29 is 33.4 Å². The third-order valence-corrected chi connectivity index (χ3v) is 7.80. The lowest BCUT2D eigenvalue weighted by molar-refractivity contribution is -0.161. The van der Waals surface area contributed by atoms with Crippen molar-refractivity contribution in [3.63, 3.8) is 0 Å². The van der Waals surface area contributed by atoms with Crippen molar-refractivity contribution in [2.45, 2.75) is 31.0 Å². The van der Waals surface area contributed by atoms with Gasteiger partial charge < -0.3 is 14.2 Å². The smallest absolute Gasteiger partial charge is 0.320 e. The topological polar surface area (TPSA) is 94.6 Å². The molecule has 2 aliphatic rings. The molecule has 0 N–H and O–H groups in total. The zero-order valence-corrected chi connectivity index (χ0v) is 23.3. The Morgan fingerprint density at radius 3 is 2.02 bits per heavy atom. The number of rotatable bonds is 8. The molecule has 0 spiro atoms. The normalized spacial score (nSPS) is 21.6. The molecule has 40 heavy (non-hydrogen) atoms. The van der Waals surface area contributed by atoms with Crippen LogP contribution in [0.3, 0.4) is 0 Å². The van der Waals surface area contributed by atoms with E-state index in [1.807, 2.05) is 43.3 Å². The number of esters is 2. The van der Waals surface area contributed by atoms with Crippen LogP contribution >= 0.6 is 11.6 Å². The molecule has 0 unspecified atom stereocenters. The second-order valence-electron chi connectivity index (χ2n) is 9.77.